The Morgan fingerprint density at radius 3 is 1.07 bits per heavy atom. The zero-order valence-corrected chi connectivity index (χ0v) is 25.2. The molecule has 0 radical (unpaired) electrons. The standard InChI is InChI=1S/C32H40N2O8/c1-29(2,37)19-12-20(30(3,4)38)15-25(14-19)41-27(35)33-23-10-9-11-24(18-23)34-28(36)42-26-16-21(31(5,6)39)13-22(17-26)32(7,8)40/h9-18,37-40H,1-8H3,(H,33,35)(H,34,36). The number of rotatable bonds is 8. The third kappa shape index (κ3) is 9.02. The highest BCUT2D eigenvalue weighted by molar-refractivity contribution is 5.90. The van der Waals surface area contributed by atoms with Crippen molar-refractivity contribution in [1.82, 2.24) is 0 Å². The Morgan fingerprint density at radius 1 is 0.524 bits per heavy atom. The molecule has 0 atom stereocenters. The van der Waals surface area contributed by atoms with E-state index in [0.29, 0.717) is 33.6 Å². The maximum absolute atomic E-state index is 12.7. The van der Waals surface area contributed by atoms with Crippen LogP contribution in [0.1, 0.15) is 77.6 Å². The fraction of sp³-hybridized carbons (Fsp3) is 0.375. The Balaban J connectivity index is 1.73. The number of nitrogens with one attached hydrogen (secondary N) is 2. The van der Waals surface area contributed by atoms with E-state index >= 15 is 0 Å². The number of carbonyl (C=O) groups is 2. The van der Waals surface area contributed by atoms with Crippen LogP contribution in [0.2, 0.25) is 0 Å². The summed E-state index contributed by atoms with van der Waals surface area (Å²) in [6.07, 6.45) is -1.65. The third-order valence-electron chi connectivity index (χ3n) is 6.42. The van der Waals surface area contributed by atoms with Gasteiger partial charge in [-0.15, -0.1) is 0 Å². The van der Waals surface area contributed by atoms with E-state index < -0.39 is 34.6 Å². The monoisotopic (exact) mass is 580 g/mol. The van der Waals surface area contributed by atoms with Crippen LogP contribution in [-0.2, 0) is 22.4 Å². The minimum absolute atomic E-state index is 0.126. The van der Waals surface area contributed by atoms with Gasteiger partial charge in [-0.1, -0.05) is 6.07 Å². The van der Waals surface area contributed by atoms with E-state index in [0.717, 1.165) is 0 Å². The zero-order chi connectivity index (χ0) is 31.7. The maximum atomic E-state index is 12.7. The van der Waals surface area contributed by atoms with Crippen LogP contribution >= 0.6 is 0 Å². The predicted molar refractivity (Wildman–Crippen MR) is 160 cm³/mol. The summed E-state index contributed by atoms with van der Waals surface area (Å²) >= 11 is 0. The Kier molecular flexibility index (Phi) is 9.09. The van der Waals surface area contributed by atoms with Crippen LogP contribution in [0.4, 0.5) is 21.0 Å². The molecule has 3 rings (SSSR count). The molecule has 0 aliphatic carbocycles. The van der Waals surface area contributed by atoms with Gasteiger partial charge in [0, 0.05) is 11.4 Å². The lowest BCUT2D eigenvalue weighted by Gasteiger charge is -2.24. The van der Waals surface area contributed by atoms with E-state index in [1.165, 1.54) is 30.3 Å². The van der Waals surface area contributed by atoms with Gasteiger partial charge < -0.3 is 29.9 Å². The molecule has 0 fully saturated rings. The first-order valence-corrected chi connectivity index (χ1v) is 13.4. The van der Waals surface area contributed by atoms with Gasteiger partial charge in [0.15, 0.2) is 0 Å². The fourth-order valence-electron chi connectivity index (χ4n) is 3.90. The molecule has 3 aromatic rings. The molecule has 0 bridgehead atoms. The smallest absolute Gasteiger partial charge is 0.410 e. The quantitative estimate of drug-likeness (QED) is 0.195. The summed E-state index contributed by atoms with van der Waals surface area (Å²) in [4.78, 5) is 25.4. The van der Waals surface area contributed by atoms with Gasteiger partial charge in [-0.2, -0.15) is 0 Å². The van der Waals surface area contributed by atoms with Gasteiger partial charge in [-0.3, -0.25) is 10.6 Å². The number of benzene rings is 3. The van der Waals surface area contributed by atoms with Gasteiger partial charge in [0.25, 0.3) is 0 Å². The maximum Gasteiger partial charge on any atom is 0.417 e. The third-order valence-corrected chi connectivity index (χ3v) is 6.42. The van der Waals surface area contributed by atoms with E-state index in [2.05, 4.69) is 10.6 Å². The summed E-state index contributed by atoms with van der Waals surface area (Å²) in [5, 5.41) is 47.0. The summed E-state index contributed by atoms with van der Waals surface area (Å²) < 4.78 is 10.9. The summed E-state index contributed by atoms with van der Waals surface area (Å²) in [5.41, 5.74) is -2.51. The number of amides is 2. The molecule has 0 aliphatic rings. The highest BCUT2D eigenvalue weighted by Gasteiger charge is 2.25. The number of carbonyl (C=O) groups excluding carboxylic acids is 2. The van der Waals surface area contributed by atoms with Gasteiger partial charge in [-0.05, 0) is 132 Å². The summed E-state index contributed by atoms with van der Waals surface area (Å²) in [5.74, 6) is 0.252. The van der Waals surface area contributed by atoms with Crippen molar-refractivity contribution >= 4 is 23.6 Å². The summed E-state index contributed by atoms with van der Waals surface area (Å²) in [7, 11) is 0. The molecule has 10 heteroatoms. The molecule has 2 amide bonds. The minimum Gasteiger partial charge on any atom is -0.410 e. The van der Waals surface area contributed by atoms with Gasteiger partial charge in [0.05, 0.1) is 22.4 Å². The average molecular weight is 581 g/mol. The molecule has 3 aromatic carbocycles. The Labute approximate surface area is 245 Å². The fourth-order valence-corrected chi connectivity index (χ4v) is 3.90. The van der Waals surface area contributed by atoms with Crippen LogP contribution < -0.4 is 20.1 Å². The molecule has 6 N–H and O–H groups in total. The van der Waals surface area contributed by atoms with Crippen molar-refractivity contribution in [2.24, 2.45) is 0 Å². The summed E-state index contributed by atoms with van der Waals surface area (Å²) in [6.45, 7) is 12.7. The molecule has 10 nitrogen and oxygen atoms in total. The van der Waals surface area contributed by atoms with Gasteiger partial charge >= 0.3 is 12.2 Å². The lowest BCUT2D eigenvalue weighted by molar-refractivity contribution is 0.0703. The normalized spacial score (nSPS) is 12.5. The van der Waals surface area contributed by atoms with Crippen LogP contribution in [0.5, 0.6) is 11.5 Å². The van der Waals surface area contributed by atoms with Crippen LogP contribution in [0.25, 0.3) is 0 Å². The SMILES string of the molecule is CC(C)(O)c1cc(OC(=O)Nc2cccc(NC(=O)Oc3cc(C(C)(C)O)cc(C(C)(C)O)c3)c2)cc(C(C)(C)O)c1. The number of ether oxygens (including phenoxy) is 2. The zero-order valence-electron chi connectivity index (χ0n) is 25.2. The lowest BCUT2D eigenvalue weighted by atomic mass is 9.90. The topological polar surface area (TPSA) is 158 Å². The highest BCUT2D eigenvalue weighted by atomic mass is 16.6. The molecule has 0 heterocycles. The lowest BCUT2D eigenvalue weighted by Crippen LogP contribution is -2.22. The van der Waals surface area contributed by atoms with E-state index in [9.17, 15) is 30.0 Å². The van der Waals surface area contributed by atoms with Crippen molar-refractivity contribution in [3.05, 3.63) is 82.9 Å². The predicted octanol–water partition coefficient (Wildman–Crippen LogP) is 5.82. The van der Waals surface area contributed by atoms with Crippen molar-refractivity contribution in [2.75, 3.05) is 10.6 Å². The van der Waals surface area contributed by atoms with E-state index in [1.54, 1.807) is 85.7 Å². The minimum atomic E-state index is -1.24. The Hall–Kier alpha value is -3.96. The van der Waals surface area contributed by atoms with Gasteiger partial charge in [0.2, 0.25) is 0 Å². The second kappa shape index (κ2) is 11.7. The molecule has 0 saturated carbocycles. The van der Waals surface area contributed by atoms with Crippen molar-refractivity contribution in [1.29, 1.82) is 0 Å². The first kappa shape index (κ1) is 32.6. The number of hydrogen-bond donors (Lipinski definition) is 6. The molecule has 42 heavy (non-hydrogen) atoms. The molecular weight excluding hydrogens is 540 g/mol. The number of hydrogen-bond acceptors (Lipinski definition) is 8. The first-order valence-electron chi connectivity index (χ1n) is 13.4. The van der Waals surface area contributed by atoms with E-state index in [4.69, 9.17) is 9.47 Å². The first-order chi connectivity index (χ1) is 19.1. The number of aliphatic hydroxyl groups is 4. The van der Waals surface area contributed by atoms with Crippen LogP contribution in [0, 0.1) is 0 Å². The van der Waals surface area contributed by atoms with Crippen molar-refractivity contribution < 1.29 is 39.5 Å². The van der Waals surface area contributed by atoms with Crippen molar-refractivity contribution in [3.8, 4) is 11.5 Å². The Bertz CT molecular complexity index is 1280. The van der Waals surface area contributed by atoms with E-state index in [-0.39, 0.29) is 11.5 Å². The Morgan fingerprint density at radius 2 is 0.810 bits per heavy atom. The molecule has 0 saturated heterocycles. The van der Waals surface area contributed by atoms with Gasteiger partial charge in [-0.25, -0.2) is 9.59 Å². The van der Waals surface area contributed by atoms with Gasteiger partial charge in [0.1, 0.15) is 11.5 Å². The van der Waals surface area contributed by atoms with E-state index in [1.807, 2.05) is 0 Å². The second-order valence-electron chi connectivity index (χ2n) is 12.3. The molecule has 0 spiro atoms. The number of anilines is 2. The molecule has 0 aromatic heterocycles. The summed E-state index contributed by atoms with van der Waals surface area (Å²) in [6, 6.07) is 15.6. The van der Waals surface area contributed by atoms with Crippen molar-refractivity contribution in [3.63, 3.8) is 0 Å². The molecule has 0 unspecified atom stereocenters. The average Bonchev–Trinajstić information content (AvgIpc) is 2.81. The molecule has 226 valence electrons. The van der Waals surface area contributed by atoms with Crippen LogP contribution in [0.15, 0.2) is 60.7 Å². The van der Waals surface area contributed by atoms with Crippen molar-refractivity contribution in [2.45, 2.75) is 77.8 Å². The second-order valence-corrected chi connectivity index (χ2v) is 12.3. The van der Waals surface area contributed by atoms with Crippen LogP contribution in [-0.4, -0.2) is 32.6 Å². The van der Waals surface area contributed by atoms with Crippen LogP contribution in [0.3, 0.4) is 0 Å². The highest BCUT2D eigenvalue weighted by Crippen LogP contribution is 2.33. The molecule has 0 aliphatic heterocycles. The molecular formula is C32H40N2O8. The largest absolute Gasteiger partial charge is 0.417 e.